The third kappa shape index (κ3) is 4.26. The maximum atomic E-state index is 12.5. The summed E-state index contributed by atoms with van der Waals surface area (Å²) in [5.41, 5.74) is 2.97. The van der Waals surface area contributed by atoms with Crippen molar-refractivity contribution in [1.82, 2.24) is 0 Å². The number of hydrogen-bond donors (Lipinski definition) is 1. The molecule has 0 aliphatic heterocycles. The number of carbonyl (C=O) groups is 2. The second-order valence-electron chi connectivity index (χ2n) is 6.34. The molecule has 0 aliphatic carbocycles. The summed E-state index contributed by atoms with van der Waals surface area (Å²) >= 11 is 0. The number of hydrogen-bond acceptors (Lipinski definition) is 4. The predicted octanol–water partition coefficient (Wildman–Crippen LogP) is 4.26. The van der Waals surface area contributed by atoms with Gasteiger partial charge in [-0.1, -0.05) is 36.4 Å². The lowest BCUT2D eigenvalue weighted by molar-refractivity contribution is -0.119. The first-order chi connectivity index (χ1) is 13.0. The lowest BCUT2D eigenvalue weighted by Gasteiger charge is -2.12. The van der Waals surface area contributed by atoms with E-state index in [1.54, 1.807) is 12.1 Å². The second-order valence-corrected chi connectivity index (χ2v) is 6.34. The van der Waals surface area contributed by atoms with E-state index >= 15 is 0 Å². The molecule has 3 aromatic rings. The summed E-state index contributed by atoms with van der Waals surface area (Å²) < 4.78 is 10.5. The number of rotatable bonds is 5. The van der Waals surface area contributed by atoms with Crippen LogP contribution in [0.1, 0.15) is 21.5 Å². The smallest absolute Gasteiger partial charge is 0.342 e. The predicted molar refractivity (Wildman–Crippen MR) is 105 cm³/mol. The van der Waals surface area contributed by atoms with E-state index in [1.165, 1.54) is 7.11 Å². The van der Waals surface area contributed by atoms with Crippen LogP contribution in [0.5, 0.6) is 5.75 Å². The lowest BCUT2D eigenvalue weighted by atomic mass is 10.1. The van der Waals surface area contributed by atoms with Gasteiger partial charge in [-0.05, 0) is 53.9 Å². The number of ether oxygens (including phenoxy) is 2. The highest BCUT2D eigenvalue weighted by molar-refractivity contribution is 6.00. The highest BCUT2D eigenvalue weighted by atomic mass is 16.5. The van der Waals surface area contributed by atoms with Crippen molar-refractivity contribution in [2.45, 2.75) is 13.8 Å². The normalized spacial score (nSPS) is 10.5. The number of carbonyl (C=O) groups excluding carboxylic acids is 2. The van der Waals surface area contributed by atoms with Crippen molar-refractivity contribution in [3.63, 3.8) is 0 Å². The molecule has 138 valence electrons. The van der Waals surface area contributed by atoms with E-state index in [9.17, 15) is 9.59 Å². The van der Waals surface area contributed by atoms with Crippen LogP contribution in [0.3, 0.4) is 0 Å². The van der Waals surface area contributed by atoms with Crippen molar-refractivity contribution in [2.24, 2.45) is 0 Å². The minimum atomic E-state index is -0.603. The molecular formula is C22H21NO4. The zero-order valence-electron chi connectivity index (χ0n) is 15.5. The van der Waals surface area contributed by atoms with E-state index in [-0.39, 0.29) is 12.2 Å². The quantitative estimate of drug-likeness (QED) is 0.688. The Morgan fingerprint density at radius 1 is 0.963 bits per heavy atom. The van der Waals surface area contributed by atoms with Crippen molar-refractivity contribution < 1.29 is 19.1 Å². The molecule has 3 aromatic carbocycles. The number of methoxy groups -OCH3 is 1. The fraction of sp³-hybridized carbons (Fsp3) is 0.182. The molecule has 0 saturated heterocycles. The lowest BCUT2D eigenvalue weighted by Crippen LogP contribution is -2.21. The van der Waals surface area contributed by atoms with Crippen molar-refractivity contribution in [2.75, 3.05) is 19.0 Å². The van der Waals surface area contributed by atoms with E-state index in [0.29, 0.717) is 11.4 Å². The molecule has 0 bridgehead atoms. The Labute approximate surface area is 157 Å². The molecule has 0 heterocycles. The maximum Gasteiger partial charge on any atom is 0.342 e. The molecule has 5 nitrogen and oxygen atoms in total. The Hall–Kier alpha value is -3.34. The molecule has 0 fully saturated rings. The van der Waals surface area contributed by atoms with Gasteiger partial charge in [0.1, 0.15) is 11.3 Å². The third-order valence-electron chi connectivity index (χ3n) is 4.29. The molecule has 1 amide bonds. The Morgan fingerprint density at radius 2 is 1.67 bits per heavy atom. The van der Waals surface area contributed by atoms with E-state index in [0.717, 1.165) is 21.9 Å². The van der Waals surface area contributed by atoms with Gasteiger partial charge in [0.15, 0.2) is 6.61 Å². The van der Waals surface area contributed by atoms with Crippen molar-refractivity contribution in [3.05, 3.63) is 71.3 Å². The first-order valence-corrected chi connectivity index (χ1v) is 8.59. The van der Waals surface area contributed by atoms with Crippen LogP contribution in [0.2, 0.25) is 0 Å². The molecule has 27 heavy (non-hydrogen) atoms. The van der Waals surface area contributed by atoms with Gasteiger partial charge in [0.25, 0.3) is 5.91 Å². The molecule has 1 N–H and O–H groups in total. The minimum Gasteiger partial charge on any atom is -0.496 e. The number of amides is 1. The van der Waals surface area contributed by atoms with Crippen LogP contribution in [0.25, 0.3) is 10.8 Å². The number of aryl methyl sites for hydroxylation is 2. The van der Waals surface area contributed by atoms with Gasteiger partial charge in [0.2, 0.25) is 0 Å². The van der Waals surface area contributed by atoms with Crippen molar-refractivity contribution in [1.29, 1.82) is 0 Å². The Morgan fingerprint density at radius 3 is 2.37 bits per heavy atom. The summed E-state index contributed by atoms with van der Waals surface area (Å²) in [7, 11) is 1.49. The summed E-state index contributed by atoms with van der Waals surface area (Å²) in [4.78, 5) is 24.6. The van der Waals surface area contributed by atoms with Crippen LogP contribution in [0.15, 0.2) is 54.6 Å². The first-order valence-electron chi connectivity index (χ1n) is 8.59. The van der Waals surface area contributed by atoms with Gasteiger partial charge in [-0.25, -0.2) is 4.79 Å². The third-order valence-corrected chi connectivity index (χ3v) is 4.29. The van der Waals surface area contributed by atoms with E-state index in [2.05, 4.69) is 5.32 Å². The van der Waals surface area contributed by atoms with Crippen LogP contribution >= 0.6 is 0 Å². The van der Waals surface area contributed by atoms with E-state index in [4.69, 9.17) is 9.47 Å². The summed E-state index contributed by atoms with van der Waals surface area (Å²) in [6.45, 7) is 3.48. The number of fused-ring (bicyclic) bond motifs is 1. The zero-order valence-corrected chi connectivity index (χ0v) is 15.5. The molecule has 0 radical (unpaired) electrons. The van der Waals surface area contributed by atoms with Gasteiger partial charge in [0, 0.05) is 5.69 Å². The van der Waals surface area contributed by atoms with Crippen LogP contribution in [0.4, 0.5) is 5.69 Å². The fourth-order valence-corrected chi connectivity index (χ4v) is 2.81. The Bertz CT molecular complexity index is 1010. The van der Waals surface area contributed by atoms with Crippen LogP contribution in [-0.2, 0) is 9.53 Å². The zero-order chi connectivity index (χ0) is 19.4. The number of nitrogens with one attached hydrogen (secondary N) is 1. The molecule has 5 heteroatoms. The molecule has 0 atom stereocenters. The molecule has 3 rings (SSSR count). The average Bonchev–Trinajstić information content (AvgIpc) is 2.67. The molecule has 0 aromatic heterocycles. The molecule has 0 saturated carbocycles. The van der Waals surface area contributed by atoms with Gasteiger partial charge < -0.3 is 14.8 Å². The molecule has 0 unspecified atom stereocenters. The monoisotopic (exact) mass is 363 g/mol. The summed E-state index contributed by atoms with van der Waals surface area (Å²) in [6.07, 6.45) is 0. The SMILES string of the molecule is COc1cc2ccccc2cc1C(=O)OCC(=O)Nc1cc(C)ccc1C. The highest BCUT2D eigenvalue weighted by Crippen LogP contribution is 2.26. The minimum absolute atomic E-state index is 0.288. The average molecular weight is 363 g/mol. The number of benzene rings is 3. The van der Waals surface area contributed by atoms with Gasteiger partial charge >= 0.3 is 5.97 Å². The topological polar surface area (TPSA) is 64.6 Å². The Kier molecular flexibility index (Phi) is 5.41. The van der Waals surface area contributed by atoms with Crippen LogP contribution in [-0.4, -0.2) is 25.6 Å². The van der Waals surface area contributed by atoms with Crippen molar-refractivity contribution in [3.8, 4) is 5.75 Å². The summed E-state index contributed by atoms with van der Waals surface area (Å²) in [6, 6.07) is 16.9. The summed E-state index contributed by atoms with van der Waals surface area (Å²) in [5.74, 6) is -0.584. The van der Waals surface area contributed by atoms with E-state index < -0.39 is 11.9 Å². The number of anilines is 1. The largest absolute Gasteiger partial charge is 0.496 e. The van der Waals surface area contributed by atoms with Crippen LogP contribution < -0.4 is 10.1 Å². The second kappa shape index (κ2) is 7.91. The fourth-order valence-electron chi connectivity index (χ4n) is 2.81. The summed E-state index contributed by atoms with van der Waals surface area (Å²) in [5, 5.41) is 4.62. The van der Waals surface area contributed by atoms with Crippen molar-refractivity contribution >= 4 is 28.3 Å². The van der Waals surface area contributed by atoms with Gasteiger partial charge in [-0.2, -0.15) is 0 Å². The van der Waals surface area contributed by atoms with Gasteiger partial charge in [-0.15, -0.1) is 0 Å². The van der Waals surface area contributed by atoms with E-state index in [1.807, 2.05) is 56.3 Å². The standard InChI is InChI=1S/C22H21NO4/c1-14-8-9-15(2)19(10-14)23-21(24)13-27-22(25)18-11-16-6-4-5-7-17(16)12-20(18)26-3/h4-12H,13H2,1-3H3,(H,23,24). The maximum absolute atomic E-state index is 12.5. The Balaban J connectivity index is 1.71. The van der Waals surface area contributed by atoms with Gasteiger partial charge in [0.05, 0.1) is 7.11 Å². The first kappa shape index (κ1) is 18.5. The molecular weight excluding hydrogens is 342 g/mol. The van der Waals surface area contributed by atoms with Gasteiger partial charge in [-0.3, -0.25) is 4.79 Å². The number of esters is 1. The highest BCUT2D eigenvalue weighted by Gasteiger charge is 2.17. The molecule has 0 spiro atoms. The van der Waals surface area contributed by atoms with Crippen LogP contribution in [0, 0.1) is 13.8 Å². The molecule has 0 aliphatic rings.